The van der Waals surface area contributed by atoms with Crippen molar-refractivity contribution < 1.29 is 18.7 Å². The predicted octanol–water partition coefficient (Wildman–Crippen LogP) is 4.42. The quantitative estimate of drug-likeness (QED) is 0.416. The lowest BCUT2D eigenvalue weighted by Crippen LogP contribution is -2.32. The summed E-state index contributed by atoms with van der Waals surface area (Å²) in [5.41, 5.74) is 2.32. The number of rotatable bonds is 6. The van der Waals surface area contributed by atoms with Crippen LogP contribution in [-0.4, -0.2) is 39.9 Å². The Balaban J connectivity index is 1.61. The summed E-state index contributed by atoms with van der Waals surface area (Å²) in [4.78, 5) is 22.1. The van der Waals surface area contributed by atoms with E-state index in [1.54, 1.807) is 75.9 Å². The van der Waals surface area contributed by atoms with E-state index in [1.165, 1.54) is 16.9 Å². The number of aromatic nitrogens is 4. The highest BCUT2D eigenvalue weighted by atomic mass is 19.1. The summed E-state index contributed by atoms with van der Waals surface area (Å²) >= 11 is 0. The van der Waals surface area contributed by atoms with Crippen LogP contribution in [0.5, 0.6) is 11.5 Å². The molecule has 0 saturated heterocycles. The first-order valence-electron chi connectivity index (χ1n) is 11.1. The molecule has 36 heavy (non-hydrogen) atoms. The number of anilines is 2. The Hall–Kier alpha value is -4.73. The van der Waals surface area contributed by atoms with Gasteiger partial charge in [-0.25, -0.2) is 9.07 Å². The van der Waals surface area contributed by atoms with Gasteiger partial charge >= 0.3 is 0 Å². The van der Waals surface area contributed by atoms with Gasteiger partial charge in [0.05, 0.1) is 31.7 Å². The third kappa shape index (κ3) is 4.13. The molecule has 0 saturated carbocycles. The second-order valence-electron chi connectivity index (χ2n) is 8.06. The fourth-order valence-corrected chi connectivity index (χ4v) is 4.16. The number of carbonyl (C=O) groups is 1. The highest BCUT2D eigenvalue weighted by Gasteiger charge is 2.36. The van der Waals surface area contributed by atoms with Gasteiger partial charge in [0.15, 0.2) is 17.3 Å². The van der Waals surface area contributed by atoms with E-state index in [9.17, 15) is 4.79 Å². The van der Waals surface area contributed by atoms with Crippen molar-refractivity contribution in [3.63, 3.8) is 0 Å². The minimum absolute atomic E-state index is 0.291. The number of fused-ring (bicyclic) bond motifs is 1. The molecule has 2 aromatic heterocycles. The van der Waals surface area contributed by atoms with Gasteiger partial charge in [-0.1, -0.05) is 18.2 Å². The third-order valence-electron chi connectivity index (χ3n) is 5.86. The summed E-state index contributed by atoms with van der Waals surface area (Å²) in [6, 6.07) is 14.2. The summed E-state index contributed by atoms with van der Waals surface area (Å²) in [7, 11) is 3.10. The number of hydrogen-bond acceptors (Lipinski definition) is 7. The first-order valence-corrected chi connectivity index (χ1v) is 11.1. The molecule has 0 fully saturated rings. The Morgan fingerprint density at radius 2 is 1.89 bits per heavy atom. The molecular formula is C26H23FN6O3. The second kappa shape index (κ2) is 9.49. The molecule has 182 valence electrons. The number of halogens is 1. The number of methoxy groups -OCH3 is 2. The summed E-state index contributed by atoms with van der Waals surface area (Å²) in [5, 5.41) is 10.7. The van der Waals surface area contributed by atoms with Crippen LogP contribution in [0.3, 0.4) is 0 Å². The number of allylic oxidation sites excluding steroid dienone is 1. The lowest BCUT2D eigenvalue weighted by Gasteiger charge is -2.28. The maximum atomic E-state index is 15.1. The van der Waals surface area contributed by atoms with Crippen molar-refractivity contribution in [2.45, 2.75) is 13.0 Å². The molecule has 1 aliphatic heterocycles. The van der Waals surface area contributed by atoms with E-state index < -0.39 is 17.8 Å². The van der Waals surface area contributed by atoms with E-state index in [1.807, 2.05) is 0 Å². The van der Waals surface area contributed by atoms with Gasteiger partial charge in [-0.05, 0) is 43.3 Å². The SMILES string of the molecule is COc1ccc(-c2nc3n(n2)[C@H](c2ccccc2F)C(C(=O)Nc2cccnc2)=C(C)N3)cc1OC. The van der Waals surface area contributed by atoms with E-state index in [-0.39, 0.29) is 0 Å². The van der Waals surface area contributed by atoms with Gasteiger partial charge in [0.25, 0.3) is 5.91 Å². The van der Waals surface area contributed by atoms with Crippen molar-refractivity contribution in [3.05, 3.63) is 89.6 Å². The van der Waals surface area contributed by atoms with Crippen LogP contribution in [0.25, 0.3) is 11.4 Å². The molecule has 3 heterocycles. The highest BCUT2D eigenvalue weighted by molar-refractivity contribution is 6.06. The average Bonchev–Trinajstić information content (AvgIpc) is 3.32. The zero-order valence-electron chi connectivity index (χ0n) is 19.8. The van der Waals surface area contributed by atoms with Gasteiger partial charge in [-0.3, -0.25) is 9.78 Å². The number of hydrogen-bond donors (Lipinski definition) is 2. The first-order chi connectivity index (χ1) is 17.5. The maximum Gasteiger partial charge on any atom is 0.255 e. The van der Waals surface area contributed by atoms with Crippen LogP contribution in [0.2, 0.25) is 0 Å². The van der Waals surface area contributed by atoms with Crippen molar-refractivity contribution >= 4 is 17.5 Å². The molecule has 2 aromatic carbocycles. The molecular weight excluding hydrogens is 463 g/mol. The Kier molecular flexibility index (Phi) is 6.07. The zero-order chi connectivity index (χ0) is 25.2. The number of benzene rings is 2. The third-order valence-corrected chi connectivity index (χ3v) is 5.86. The molecule has 10 heteroatoms. The molecule has 4 aromatic rings. The molecule has 2 N–H and O–H groups in total. The van der Waals surface area contributed by atoms with Crippen molar-refractivity contribution in [1.82, 2.24) is 19.7 Å². The van der Waals surface area contributed by atoms with Crippen molar-refractivity contribution in [2.75, 3.05) is 24.9 Å². The van der Waals surface area contributed by atoms with Crippen LogP contribution in [-0.2, 0) is 4.79 Å². The van der Waals surface area contributed by atoms with E-state index >= 15 is 4.39 Å². The van der Waals surface area contributed by atoms with Crippen LogP contribution < -0.4 is 20.1 Å². The minimum Gasteiger partial charge on any atom is -0.493 e. The molecule has 9 nitrogen and oxygen atoms in total. The van der Waals surface area contributed by atoms with E-state index in [2.05, 4.69) is 25.7 Å². The lowest BCUT2D eigenvalue weighted by molar-refractivity contribution is -0.113. The van der Waals surface area contributed by atoms with Crippen LogP contribution in [0.4, 0.5) is 16.0 Å². The van der Waals surface area contributed by atoms with Crippen molar-refractivity contribution in [3.8, 4) is 22.9 Å². The van der Waals surface area contributed by atoms with E-state index in [0.29, 0.717) is 51.4 Å². The lowest BCUT2D eigenvalue weighted by atomic mass is 9.94. The summed E-state index contributed by atoms with van der Waals surface area (Å²) < 4.78 is 27.3. The van der Waals surface area contributed by atoms with Gasteiger partial charge in [-0.2, -0.15) is 4.98 Å². The molecule has 0 radical (unpaired) electrons. The number of nitrogens with zero attached hydrogens (tertiary/aromatic N) is 4. The Morgan fingerprint density at radius 3 is 2.61 bits per heavy atom. The smallest absolute Gasteiger partial charge is 0.255 e. The molecule has 0 bridgehead atoms. The van der Waals surface area contributed by atoms with Gasteiger partial charge < -0.3 is 20.1 Å². The number of nitrogens with one attached hydrogen (secondary N) is 2. The Morgan fingerprint density at radius 1 is 1.08 bits per heavy atom. The highest BCUT2D eigenvalue weighted by Crippen LogP contribution is 2.38. The summed E-state index contributed by atoms with van der Waals surface area (Å²) in [6.07, 6.45) is 3.15. The van der Waals surface area contributed by atoms with E-state index in [4.69, 9.17) is 9.47 Å². The molecule has 1 atom stereocenters. The maximum absolute atomic E-state index is 15.1. The van der Waals surface area contributed by atoms with Crippen LogP contribution in [0.15, 0.2) is 78.3 Å². The molecule has 0 unspecified atom stereocenters. The molecule has 0 spiro atoms. The number of amides is 1. The number of ether oxygens (including phenoxy) is 2. The minimum atomic E-state index is -0.861. The molecule has 1 aliphatic rings. The normalized spacial score (nSPS) is 14.6. The summed E-state index contributed by atoms with van der Waals surface area (Å²) in [5.74, 6) is 0.977. The molecule has 5 rings (SSSR count). The van der Waals surface area contributed by atoms with Crippen LogP contribution >= 0.6 is 0 Å². The second-order valence-corrected chi connectivity index (χ2v) is 8.06. The largest absolute Gasteiger partial charge is 0.493 e. The molecule has 1 amide bonds. The fourth-order valence-electron chi connectivity index (χ4n) is 4.16. The van der Waals surface area contributed by atoms with Crippen LogP contribution in [0.1, 0.15) is 18.5 Å². The van der Waals surface area contributed by atoms with Crippen LogP contribution in [0, 0.1) is 5.82 Å². The Labute approximate surface area is 206 Å². The number of pyridine rings is 1. The van der Waals surface area contributed by atoms with E-state index in [0.717, 1.165) is 0 Å². The fraction of sp³-hybridized carbons (Fsp3) is 0.154. The predicted molar refractivity (Wildman–Crippen MR) is 132 cm³/mol. The average molecular weight is 487 g/mol. The standard InChI is InChI=1S/C26H23FN6O3/c1-15-22(25(34)30-17-7-6-12-28-14-17)23(18-8-4-5-9-19(18)27)33-26(29-15)31-24(32-33)16-10-11-20(35-2)21(13-16)36-3/h4-14,23H,1-3H3,(H,30,34)(H,29,31,32)/t23-/m1/s1. The number of carbonyl (C=O) groups excluding carboxylic acids is 1. The van der Waals surface area contributed by atoms with Gasteiger partial charge in [0, 0.05) is 23.0 Å². The first kappa shape index (κ1) is 23.0. The summed E-state index contributed by atoms with van der Waals surface area (Å²) in [6.45, 7) is 1.75. The molecule has 0 aliphatic carbocycles. The monoisotopic (exact) mass is 486 g/mol. The van der Waals surface area contributed by atoms with Gasteiger partial charge in [0.1, 0.15) is 11.9 Å². The zero-order valence-corrected chi connectivity index (χ0v) is 19.8. The van der Waals surface area contributed by atoms with Gasteiger partial charge in [-0.15, -0.1) is 5.10 Å². The van der Waals surface area contributed by atoms with Crippen molar-refractivity contribution in [1.29, 1.82) is 0 Å². The Bertz CT molecular complexity index is 1470. The van der Waals surface area contributed by atoms with Crippen molar-refractivity contribution in [2.24, 2.45) is 0 Å². The van der Waals surface area contributed by atoms with Gasteiger partial charge in [0.2, 0.25) is 5.95 Å². The topological polar surface area (TPSA) is 103 Å².